The first kappa shape index (κ1) is 34.4. The van der Waals surface area contributed by atoms with Crippen molar-refractivity contribution in [3.63, 3.8) is 0 Å². The van der Waals surface area contributed by atoms with E-state index in [-0.39, 0.29) is 23.9 Å². The van der Waals surface area contributed by atoms with Crippen molar-refractivity contribution in [1.29, 1.82) is 0 Å². The van der Waals surface area contributed by atoms with Crippen molar-refractivity contribution in [1.82, 2.24) is 25.5 Å². The summed E-state index contributed by atoms with van der Waals surface area (Å²) >= 11 is 0. The monoisotopic (exact) mass is 628 g/mol. The molecule has 0 radical (unpaired) electrons. The zero-order chi connectivity index (χ0) is 33.8. The Morgan fingerprint density at radius 2 is 1.63 bits per heavy atom. The average Bonchev–Trinajstić information content (AvgIpc) is 2.96. The molecule has 2 aromatic heterocycles. The van der Waals surface area contributed by atoms with E-state index in [9.17, 15) is 14.4 Å². The van der Waals surface area contributed by atoms with Crippen LogP contribution in [0.25, 0.3) is 11.3 Å². The number of nitrogens with one attached hydrogen (secondary N) is 2. The normalized spacial score (nSPS) is 13.9. The second-order valence-electron chi connectivity index (χ2n) is 14.2. The first-order valence-electron chi connectivity index (χ1n) is 15.9. The van der Waals surface area contributed by atoms with Crippen molar-refractivity contribution in [2.75, 3.05) is 31.1 Å². The molecule has 1 saturated heterocycles. The molecule has 0 aliphatic carbocycles. The van der Waals surface area contributed by atoms with Gasteiger partial charge in [-0.25, -0.2) is 9.78 Å². The Kier molecular flexibility index (Phi) is 10.4. The molecule has 0 atom stereocenters. The second-order valence-corrected chi connectivity index (χ2v) is 14.2. The van der Waals surface area contributed by atoms with Crippen molar-refractivity contribution < 1.29 is 19.1 Å². The van der Waals surface area contributed by atoms with E-state index >= 15 is 0 Å². The summed E-state index contributed by atoms with van der Waals surface area (Å²) in [7, 11) is 0. The van der Waals surface area contributed by atoms with E-state index in [1.165, 1.54) is 0 Å². The van der Waals surface area contributed by atoms with Gasteiger partial charge in [-0.1, -0.05) is 12.1 Å². The molecule has 0 spiro atoms. The average molecular weight is 629 g/mol. The van der Waals surface area contributed by atoms with Gasteiger partial charge in [-0.05, 0) is 104 Å². The number of piperazine rings is 1. The Morgan fingerprint density at radius 1 is 0.935 bits per heavy atom. The third-order valence-corrected chi connectivity index (χ3v) is 7.41. The van der Waals surface area contributed by atoms with Crippen molar-refractivity contribution in [3.8, 4) is 11.3 Å². The number of rotatable bonds is 7. The largest absolute Gasteiger partial charge is 0.444 e. The topological polar surface area (TPSA) is 117 Å². The lowest BCUT2D eigenvalue weighted by Gasteiger charge is -2.36. The number of anilines is 1. The van der Waals surface area contributed by atoms with Crippen LogP contribution in [-0.4, -0.2) is 76.1 Å². The lowest BCUT2D eigenvalue weighted by atomic mass is 9.97. The molecule has 1 fully saturated rings. The number of pyridine rings is 2. The zero-order valence-corrected chi connectivity index (χ0v) is 28.7. The van der Waals surface area contributed by atoms with Gasteiger partial charge in [-0.2, -0.15) is 0 Å². The van der Waals surface area contributed by atoms with Crippen LogP contribution < -0.4 is 15.5 Å². The Balaban J connectivity index is 1.63. The molecule has 0 saturated carbocycles. The molecule has 4 rings (SSSR count). The van der Waals surface area contributed by atoms with Crippen LogP contribution in [0.4, 0.5) is 10.6 Å². The fourth-order valence-electron chi connectivity index (χ4n) is 5.20. The highest BCUT2D eigenvalue weighted by Crippen LogP contribution is 2.26. The molecule has 0 bridgehead atoms. The minimum atomic E-state index is -0.563. The summed E-state index contributed by atoms with van der Waals surface area (Å²) in [6, 6.07) is 13.3. The summed E-state index contributed by atoms with van der Waals surface area (Å²) in [5.74, 6) is 0.384. The summed E-state index contributed by atoms with van der Waals surface area (Å²) in [6.45, 7) is 19.3. The maximum Gasteiger partial charge on any atom is 0.410 e. The molecule has 3 heterocycles. The lowest BCUT2D eigenvalue weighted by molar-refractivity contribution is 0.0240. The molecule has 3 amide bonds. The molecule has 1 aliphatic heterocycles. The van der Waals surface area contributed by atoms with Gasteiger partial charge in [-0.3, -0.25) is 14.6 Å². The number of hydrogen-bond donors (Lipinski definition) is 2. The van der Waals surface area contributed by atoms with Gasteiger partial charge in [0.1, 0.15) is 11.4 Å². The van der Waals surface area contributed by atoms with Crippen LogP contribution in [-0.2, 0) is 11.2 Å². The Morgan fingerprint density at radius 3 is 2.26 bits per heavy atom. The summed E-state index contributed by atoms with van der Waals surface area (Å²) in [6.07, 6.45) is 1.95. The summed E-state index contributed by atoms with van der Waals surface area (Å²) in [4.78, 5) is 52.2. The number of carbonyl (C=O) groups is 3. The predicted octanol–water partition coefficient (Wildman–Crippen LogP) is 5.77. The van der Waals surface area contributed by atoms with Gasteiger partial charge in [-0.15, -0.1) is 0 Å². The SMILES string of the molecule is Cc1c(Cc2cc(-c3cc(C(=O)NC(C)(C)C)cc(N4CCN(C(=O)OC(C)(C)C)CC4)n3)ccn2)cccc1C(=O)NC(C)C. The number of amides is 3. The smallest absolute Gasteiger partial charge is 0.410 e. The van der Waals surface area contributed by atoms with Crippen LogP contribution in [0.3, 0.4) is 0 Å². The number of aromatic nitrogens is 2. The van der Waals surface area contributed by atoms with Crippen LogP contribution in [0.2, 0.25) is 0 Å². The van der Waals surface area contributed by atoms with E-state index in [1.807, 2.05) is 105 Å². The van der Waals surface area contributed by atoms with Crippen molar-refractivity contribution >= 4 is 23.7 Å². The fraction of sp³-hybridized carbons (Fsp3) is 0.472. The van der Waals surface area contributed by atoms with Gasteiger partial charge in [0, 0.05) is 72.8 Å². The van der Waals surface area contributed by atoms with Gasteiger partial charge in [0.15, 0.2) is 0 Å². The molecule has 1 aliphatic rings. The molecule has 3 aromatic rings. The maximum atomic E-state index is 13.4. The lowest BCUT2D eigenvalue weighted by Crippen LogP contribution is -2.50. The molecule has 2 N–H and O–H groups in total. The van der Waals surface area contributed by atoms with Gasteiger partial charge in [0.2, 0.25) is 0 Å². The number of benzene rings is 1. The van der Waals surface area contributed by atoms with E-state index in [0.29, 0.717) is 55.2 Å². The third-order valence-electron chi connectivity index (χ3n) is 7.41. The van der Waals surface area contributed by atoms with Gasteiger partial charge in [0.05, 0.1) is 5.69 Å². The van der Waals surface area contributed by atoms with E-state index < -0.39 is 11.1 Å². The highest BCUT2D eigenvalue weighted by atomic mass is 16.6. The molecule has 10 nitrogen and oxygen atoms in total. The first-order chi connectivity index (χ1) is 21.5. The van der Waals surface area contributed by atoms with Crippen LogP contribution in [0.5, 0.6) is 0 Å². The highest BCUT2D eigenvalue weighted by Gasteiger charge is 2.27. The minimum absolute atomic E-state index is 0.0430. The molecular formula is C36H48N6O4. The van der Waals surface area contributed by atoms with Crippen LogP contribution in [0.15, 0.2) is 48.7 Å². The third kappa shape index (κ3) is 9.28. The fourth-order valence-corrected chi connectivity index (χ4v) is 5.20. The van der Waals surface area contributed by atoms with E-state index in [4.69, 9.17) is 9.72 Å². The predicted molar refractivity (Wildman–Crippen MR) is 181 cm³/mol. The van der Waals surface area contributed by atoms with Crippen LogP contribution in [0, 0.1) is 6.92 Å². The van der Waals surface area contributed by atoms with Gasteiger partial charge in [0.25, 0.3) is 11.8 Å². The molecule has 1 aromatic carbocycles. The van der Waals surface area contributed by atoms with Crippen molar-refractivity contribution in [2.45, 2.75) is 85.9 Å². The summed E-state index contributed by atoms with van der Waals surface area (Å²) < 4.78 is 5.56. The number of carbonyl (C=O) groups excluding carboxylic acids is 3. The number of hydrogen-bond acceptors (Lipinski definition) is 7. The Bertz CT molecular complexity index is 1580. The van der Waals surface area contributed by atoms with E-state index in [2.05, 4.69) is 20.5 Å². The number of ether oxygens (including phenoxy) is 1. The minimum Gasteiger partial charge on any atom is -0.444 e. The Hall–Kier alpha value is -4.47. The quantitative estimate of drug-likeness (QED) is 0.341. The van der Waals surface area contributed by atoms with Gasteiger partial charge >= 0.3 is 6.09 Å². The summed E-state index contributed by atoms with van der Waals surface area (Å²) in [5.41, 5.74) is 4.40. The molecule has 246 valence electrons. The number of nitrogens with zero attached hydrogens (tertiary/aromatic N) is 4. The van der Waals surface area contributed by atoms with Gasteiger partial charge < -0.3 is 25.2 Å². The second kappa shape index (κ2) is 13.9. The standard InChI is InChI=1S/C36H48N6O4/c1-23(2)38-33(44)29-12-10-11-25(24(29)3)19-28-20-26(13-14-37-28)30-21-27(32(43)40-35(4,5)6)22-31(39-30)41-15-17-42(18-16-41)34(45)46-36(7,8)9/h10-14,20-23H,15-19H2,1-9H3,(H,38,44)(H,40,43). The van der Waals surface area contributed by atoms with Crippen molar-refractivity contribution in [2.24, 2.45) is 0 Å². The maximum absolute atomic E-state index is 13.4. The summed E-state index contributed by atoms with van der Waals surface area (Å²) in [5, 5.41) is 6.04. The molecule has 46 heavy (non-hydrogen) atoms. The first-order valence-corrected chi connectivity index (χ1v) is 15.9. The Labute approximate surface area is 272 Å². The van der Waals surface area contributed by atoms with Crippen LogP contribution >= 0.6 is 0 Å². The van der Waals surface area contributed by atoms with Crippen LogP contribution in [0.1, 0.15) is 92.9 Å². The molecular weight excluding hydrogens is 580 g/mol. The zero-order valence-electron chi connectivity index (χ0n) is 28.7. The van der Waals surface area contributed by atoms with E-state index in [0.717, 1.165) is 22.4 Å². The highest BCUT2D eigenvalue weighted by molar-refractivity contribution is 5.97. The van der Waals surface area contributed by atoms with E-state index in [1.54, 1.807) is 11.1 Å². The molecule has 0 unspecified atom stereocenters. The van der Waals surface area contributed by atoms with Crippen molar-refractivity contribution in [3.05, 3.63) is 76.6 Å². The molecule has 10 heteroatoms.